The summed E-state index contributed by atoms with van der Waals surface area (Å²) in [5.41, 5.74) is 3.35. The lowest BCUT2D eigenvalue weighted by Gasteiger charge is -2.21. The van der Waals surface area contributed by atoms with Gasteiger partial charge in [-0.05, 0) is 30.7 Å². The summed E-state index contributed by atoms with van der Waals surface area (Å²) in [4.78, 5) is 19.1. The van der Waals surface area contributed by atoms with E-state index in [1.165, 1.54) is 0 Å². The fourth-order valence-corrected chi connectivity index (χ4v) is 2.52. The molecule has 0 unspecified atom stereocenters. The molecule has 0 saturated carbocycles. The minimum absolute atomic E-state index is 0.0896. The van der Waals surface area contributed by atoms with E-state index in [1.54, 1.807) is 15.8 Å². The quantitative estimate of drug-likeness (QED) is 0.726. The first-order valence-corrected chi connectivity index (χ1v) is 7.87. The van der Waals surface area contributed by atoms with Crippen molar-refractivity contribution in [1.29, 1.82) is 0 Å². The monoisotopic (exact) mass is 320 g/mol. The molecule has 5 heteroatoms. The van der Waals surface area contributed by atoms with Crippen molar-refractivity contribution in [3.8, 4) is 0 Å². The van der Waals surface area contributed by atoms with Crippen molar-refractivity contribution in [3.05, 3.63) is 83.4 Å². The Hall–Kier alpha value is -2.95. The summed E-state index contributed by atoms with van der Waals surface area (Å²) in [6.07, 6.45) is 1.74. The maximum Gasteiger partial charge on any atom is 0.275 e. The third-order valence-electron chi connectivity index (χ3n) is 3.92. The van der Waals surface area contributed by atoms with Gasteiger partial charge in [-0.3, -0.25) is 14.5 Å². The maximum atomic E-state index is 12.9. The Labute approximate surface area is 141 Å². The zero-order chi connectivity index (χ0) is 16.9. The largest absolute Gasteiger partial charge is 0.327 e. The summed E-state index contributed by atoms with van der Waals surface area (Å²) in [7, 11) is 1.84. The molecule has 0 saturated heterocycles. The highest BCUT2D eigenvalue weighted by Gasteiger charge is 2.20. The van der Waals surface area contributed by atoms with Gasteiger partial charge in [0.2, 0.25) is 0 Å². The molecule has 2 aromatic heterocycles. The van der Waals surface area contributed by atoms with Crippen LogP contribution in [0.2, 0.25) is 0 Å². The summed E-state index contributed by atoms with van der Waals surface area (Å²) < 4.78 is 1.72. The number of benzene rings is 1. The third-order valence-corrected chi connectivity index (χ3v) is 3.92. The van der Waals surface area contributed by atoms with E-state index >= 15 is 0 Å². The molecule has 0 aliphatic heterocycles. The fourth-order valence-electron chi connectivity index (χ4n) is 2.52. The van der Waals surface area contributed by atoms with Crippen molar-refractivity contribution in [3.63, 3.8) is 0 Å². The molecule has 0 aliphatic carbocycles. The summed E-state index contributed by atoms with van der Waals surface area (Å²) in [5.74, 6) is -0.0896. The second-order valence-corrected chi connectivity index (χ2v) is 5.76. The number of aromatic nitrogens is 3. The van der Waals surface area contributed by atoms with Gasteiger partial charge in [0.15, 0.2) is 5.69 Å². The molecule has 0 radical (unpaired) electrons. The van der Waals surface area contributed by atoms with Crippen molar-refractivity contribution in [2.75, 3.05) is 0 Å². The first kappa shape index (κ1) is 15.9. The van der Waals surface area contributed by atoms with Crippen molar-refractivity contribution in [2.24, 2.45) is 7.05 Å². The molecular weight excluding hydrogens is 300 g/mol. The Kier molecular flexibility index (Phi) is 4.70. The minimum atomic E-state index is -0.0896. The molecule has 2 heterocycles. The van der Waals surface area contributed by atoms with Gasteiger partial charge < -0.3 is 4.90 Å². The summed E-state index contributed by atoms with van der Waals surface area (Å²) in [6.45, 7) is 2.90. The predicted octanol–water partition coefficient (Wildman–Crippen LogP) is 2.97. The molecule has 0 bridgehead atoms. The van der Waals surface area contributed by atoms with Gasteiger partial charge in [0.05, 0.1) is 12.2 Å². The van der Waals surface area contributed by atoms with Crippen molar-refractivity contribution >= 4 is 5.91 Å². The van der Waals surface area contributed by atoms with Gasteiger partial charge in [0.25, 0.3) is 5.91 Å². The highest BCUT2D eigenvalue weighted by atomic mass is 16.2. The van der Waals surface area contributed by atoms with Gasteiger partial charge in [0, 0.05) is 25.5 Å². The van der Waals surface area contributed by atoms with Crippen LogP contribution in [0.4, 0.5) is 0 Å². The number of carbonyl (C=O) groups is 1. The lowest BCUT2D eigenvalue weighted by molar-refractivity contribution is 0.0721. The molecule has 3 aromatic rings. The molecule has 0 aliphatic rings. The normalized spacial score (nSPS) is 10.6. The number of carbonyl (C=O) groups excluding carboxylic acids is 1. The van der Waals surface area contributed by atoms with Crippen LogP contribution < -0.4 is 0 Å². The van der Waals surface area contributed by atoms with Gasteiger partial charge in [-0.1, -0.05) is 36.4 Å². The molecule has 24 heavy (non-hydrogen) atoms. The predicted molar refractivity (Wildman–Crippen MR) is 92.2 cm³/mol. The zero-order valence-electron chi connectivity index (χ0n) is 13.9. The maximum absolute atomic E-state index is 12.9. The average Bonchev–Trinajstić information content (AvgIpc) is 2.94. The molecule has 0 atom stereocenters. The van der Waals surface area contributed by atoms with Crippen LogP contribution in [0.3, 0.4) is 0 Å². The van der Waals surface area contributed by atoms with Gasteiger partial charge in [-0.2, -0.15) is 5.10 Å². The zero-order valence-corrected chi connectivity index (χ0v) is 13.9. The van der Waals surface area contributed by atoms with Crippen molar-refractivity contribution in [1.82, 2.24) is 19.7 Å². The molecule has 0 spiro atoms. The summed E-state index contributed by atoms with van der Waals surface area (Å²) >= 11 is 0. The molecule has 122 valence electrons. The molecular formula is C19H20N4O. The smallest absolute Gasteiger partial charge is 0.275 e. The second-order valence-electron chi connectivity index (χ2n) is 5.76. The standard InChI is InChI=1S/C19H20N4O/c1-15-12-18(21-22(15)2)19(24)23(13-16-8-4-3-5-9-16)14-17-10-6-7-11-20-17/h3-12H,13-14H2,1-2H3. The van der Waals surface area contributed by atoms with E-state index in [2.05, 4.69) is 10.1 Å². The number of aryl methyl sites for hydroxylation is 2. The van der Waals surface area contributed by atoms with E-state index in [-0.39, 0.29) is 5.91 Å². The van der Waals surface area contributed by atoms with Crippen LogP contribution in [0.5, 0.6) is 0 Å². The number of hydrogen-bond donors (Lipinski definition) is 0. The first-order chi connectivity index (χ1) is 11.6. The lowest BCUT2D eigenvalue weighted by atomic mass is 10.2. The molecule has 5 nitrogen and oxygen atoms in total. The van der Waals surface area contributed by atoms with Crippen LogP contribution >= 0.6 is 0 Å². The molecule has 3 rings (SSSR count). The highest BCUT2D eigenvalue weighted by Crippen LogP contribution is 2.13. The molecule has 1 amide bonds. The summed E-state index contributed by atoms with van der Waals surface area (Å²) in [6, 6.07) is 17.5. The minimum Gasteiger partial charge on any atom is -0.327 e. The summed E-state index contributed by atoms with van der Waals surface area (Å²) in [5, 5.41) is 4.32. The first-order valence-electron chi connectivity index (χ1n) is 7.87. The molecule has 1 aromatic carbocycles. The Bertz CT molecular complexity index is 751. The number of hydrogen-bond acceptors (Lipinski definition) is 3. The van der Waals surface area contributed by atoms with Gasteiger partial charge in [0.1, 0.15) is 0 Å². The van der Waals surface area contributed by atoms with Gasteiger partial charge >= 0.3 is 0 Å². The second kappa shape index (κ2) is 7.08. The van der Waals surface area contributed by atoms with Crippen LogP contribution in [0.15, 0.2) is 60.8 Å². The Morgan fingerprint density at radius 1 is 1.08 bits per heavy atom. The average molecular weight is 320 g/mol. The van der Waals surface area contributed by atoms with E-state index in [9.17, 15) is 4.79 Å². The Balaban J connectivity index is 1.87. The molecule has 0 N–H and O–H groups in total. The van der Waals surface area contributed by atoms with Crippen LogP contribution in [-0.4, -0.2) is 25.6 Å². The van der Waals surface area contributed by atoms with E-state index in [4.69, 9.17) is 0 Å². The Morgan fingerprint density at radius 3 is 2.46 bits per heavy atom. The van der Waals surface area contributed by atoms with Gasteiger partial charge in [-0.25, -0.2) is 0 Å². The van der Waals surface area contributed by atoms with E-state index in [1.807, 2.05) is 68.6 Å². The fraction of sp³-hybridized carbons (Fsp3) is 0.211. The van der Waals surface area contributed by atoms with Crippen LogP contribution in [0.1, 0.15) is 27.4 Å². The number of pyridine rings is 1. The van der Waals surface area contributed by atoms with Crippen LogP contribution in [0.25, 0.3) is 0 Å². The lowest BCUT2D eigenvalue weighted by Crippen LogP contribution is -2.30. The topological polar surface area (TPSA) is 51.0 Å². The highest BCUT2D eigenvalue weighted by molar-refractivity contribution is 5.92. The SMILES string of the molecule is Cc1cc(C(=O)N(Cc2ccccc2)Cc2ccccn2)nn1C. The van der Waals surface area contributed by atoms with Crippen molar-refractivity contribution < 1.29 is 4.79 Å². The van der Waals surface area contributed by atoms with Crippen LogP contribution in [-0.2, 0) is 20.1 Å². The van der Waals surface area contributed by atoms with Gasteiger partial charge in [-0.15, -0.1) is 0 Å². The number of nitrogens with zero attached hydrogens (tertiary/aromatic N) is 4. The van der Waals surface area contributed by atoms with E-state index in [0.29, 0.717) is 18.8 Å². The van der Waals surface area contributed by atoms with Crippen molar-refractivity contribution in [2.45, 2.75) is 20.0 Å². The number of amides is 1. The number of rotatable bonds is 5. The third kappa shape index (κ3) is 3.68. The Morgan fingerprint density at radius 2 is 1.83 bits per heavy atom. The van der Waals surface area contributed by atoms with E-state index < -0.39 is 0 Å². The van der Waals surface area contributed by atoms with Crippen LogP contribution in [0, 0.1) is 6.92 Å². The van der Waals surface area contributed by atoms with E-state index in [0.717, 1.165) is 17.0 Å². The molecule has 0 fully saturated rings.